The molecule has 2 heterocycles. The molecule has 2 aromatic rings. The quantitative estimate of drug-likeness (QED) is 0.580. The molecule has 1 N–H and O–H groups in total. The third-order valence-electron chi connectivity index (χ3n) is 3.75. The predicted octanol–water partition coefficient (Wildman–Crippen LogP) is 4.02. The van der Waals surface area contributed by atoms with Gasteiger partial charge >= 0.3 is 0 Å². The Morgan fingerprint density at radius 2 is 2.28 bits per heavy atom. The van der Waals surface area contributed by atoms with E-state index >= 15 is 0 Å². The van der Waals surface area contributed by atoms with Crippen molar-refractivity contribution in [2.24, 2.45) is 0 Å². The van der Waals surface area contributed by atoms with Gasteiger partial charge in [0.25, 0.3) is 5.91 Å². The number of halogens is 2. The van der Waals surface area contributed by atoms with Crippen LogP contribution in [-0.4, -0.2) is 29.6 Å². The van der Waals surface area contributed by atoms with Crippen molar-refractivity contribution in [3.63, 3.8) is 0 Å². The first kappa shape index (κ1) is 18.0. The molecule has 1 aromatic heterocycles. The number of hydrogen-bond donors (Lipinski definition) is 1. The van der Waals surface area contributed by atoms with E-state index in [0.29, 0.717) is 28.9 Å². The molecule has 0 spiro atoms. The van der Waals surface area contributed by atoms with E-state index in [1.165, 1.54) is 0 Å². The van der Waals surface area contributed by atoms with Crippen LogP contribution in [0.3, 0.4) is 0 Å². The van der Waals surface area contributed by atoms with Crippen LogP contribution in [-0.2, 0) is 6.42 Å². The minimum absolute atomic E-state index is 0.165. The first-order chi connectivity index (χ1) is 11.9. The molecule has 0 bridgehead atoms. The average molecular weight is 426 g/mol. The molecule has 0 saturated carbocycles. The maximum Gasteiger partial charge on any atom is 0.254 e. The number of nitrogens with one attached hydrogen (secondary N) is 1. The Bertz CT molecular complexity index is 811. The molecule has 0 saturated heterocycles. The monoisotopic (exact) mass is 424 g/mol. The molecular weight excluding hydrogens is 408 g/mol. The fourth-order valence-corrected chi connectivity index (χ4v) is 3.22. The number of para-hydroxylation sites is 1. The Balaban J connectivity index is 1.56. The number of ether oxygens (including phenoxy) is 2. The molecule has 1 amide bonds. The maximum atomic E-state index is 12.2. The first-order valence-electron chi connectivity index (χ1n) is 7.89. The number of hydrogen-bond acceptors (Lipinski definition) is 4. The fraction of sp³-hybridized carbons (Fsp3) is 0.333. The second kappa shape index (κ2) is 7.22. The summed E-state index contributed by atoms with van der Waals surface area (Å²) in [6, 6.07) is 7.49. The van der Waals surface area contributed by atoms with Crippen LogP contribution >= 0.6 is 27.5 Å². The van der Waals surface area contributed by atoms with E-state index in [9.17, 15) is 4.79 Å². The summed E-state index contributed by atoms with van der Waals surface area (Å²) >= 11 is 9.22. The predicted molar refractivity (Wildman–Crippen MR) is 99.6 cm³/mol. The van der Waals surface area contributed by atoms with E-state index in [0.717, 1.165) is 17.7 Å². The molecule has 3 rings (SSSR count). The number of benzene rings is 1. The third-order valence-corrected chi connectivity index (χ3v) is 4.49. The van der Waals surface area contributed by atoms with Crippen molar-refractivity contribution in [3.8, 4) is 11.5 Å². The van der Waals surface area contributed by atoms with Gasteiger partial charge in [-0.25, -0.2) is 4.98 Å². The Hall–Kier alpha value is -1.79. The summed E-state index contributed by atoms with van der Waals surface area (Å²) in [6.45, 7) is 4.76. The normalized spacial score (nSPS) is 14.6. The van der Waals surface area contributed by atoms with Gasteiger partial charge in [0.05, 0.1) is 12.1 Å². The number of aromatic nitrogens is 1. The van der Waals surface area contributed by atoms with Crippen LogP contribution in [0.15, 0.2) is 34.9 Å². The lowest BCUT2D eigenvalue weighted by Crippen LogP contribution is -2.28. The number of rotatable bonds is 5. The van der Waals surface area contributed by atoms with Gasteiger partial charge in [-0.3, -0.25) is 4.79 Å². The van der Waals surface area contributed by atoms with Crippen molar-refractivity contribution in [1.29, 1.82) is 0 Å². The van der Waals surface area contributed by atoms with Gasteiger partial charge in [-0.05, 0) is 41.9 Å². The number of carbonyl (C=O) groups is 1. The molecule has 0 fully saturated rings. The number of fused-ring (bicyclic) bond motifs is 1. The molecule has 0 unspecified atom stereocenters. The fourth-order valence-electron chi connectivity index (χ4n) is 2.70. The van der Waals surface area contributed by atoms with E-state index in [1.807, 2.05) is 32.0 Å². The highest BCUT2D eigenvalue weighted by Crippen LogP contribution is 2.41. The third kappa shape index (κ3) is 4.25. The van der Waals surface area contributed by atoms with Crippen molar-refractivity contribution in [3.05, 3.63) is 51.2 Å². The van der Waals surface area contributed by atoms with Gasteiger partial charge in [0.1, 0.15) is 17.4 Å². The summed E-state index contributed by atoms with van der Waals surface area (Å²) in [6.07, 6.45) is 2.39. The maximum absolute atomic E-state index is 12.2. The summed E-state index contributed by atoms with van der Waals surface area (Å²) < 4.78 is 12.4. The van der Waals surface area contributed by atoms with Crippen LogP contribution in [0.1, 0.15) is 29.8 Å². The number of pyridine rings is 1. The Labute approximate surface area is 159 Å². The minimum atomic E-state index is -0.293. The molecule has 1 aliphatic heterocycles. The van der Waals surface area contributed by atoms with Crippen LogP contribution in [0, 0.1) is 0 Å². The molecule has 0 atom stereocenters. The second-order valence-electron chi connectivity index (χ2n) is 6.38. The smallest absolute Gasteiger partial charge is 0.254 e. The standard InChI is InChI=1S/C18H18BrClN2O3/c1-18(2)9-11-4-3-5-14(15(11)25-18)24-7-6-21-17(23)13-8-12(19)10-22-16(13)20/h3-5,8,10H,6-7,9H2,1-2H3,(H,21,23). The second-order valence-corrected chi connectivity index (χ2v) is 7.65. The highest BCUT2D eigenvalue weighted by atomic mass is 79.9. The molecule has 1 aliphatic rings. The first-order valence-corrected chi connectivity index (χ1v) is 9.06. The molecule has 132 valence electrons. The molecule has 5 nitrogen and oxygen atoms in total. The summed E-state index contributed by atoms with van der Waals surface area (Å²) in [7, 11) is 0. The summed E-state index contributed by atoms with van der Waals surface area (Å²) in [5.74, 6) is 1.19. The summed E-state index contributed by atoms with van der Waals surface area (Å²) in [5.41, 5.74) is 1.24. The van der Waals surface area contributed by atoms with Crippen LogP contribution in [0.25, 0.3) is 0 Å². The number of amides is 1. The Morgan fingerprint density at radius 1 is 1.48 bits per heavy atom. The molecule has 7 heteroatoms. The highest BCUT2D eigenvalue weighted by molar-refractivity contribution is 9.10. The molecular formula is C18H18BrClN2O3. The van der Waals surface area contributed by atoms with E-state index < -0.39 is 0 Å². The van der Waals surface area contributed by atoms with E-state index in [1.54, 1.807) is 12.3 Å². The SMILES string of the molecule is CC1(C)Cc2cccc(OCCNC(=O)c3cc(Br)cnc3Cl)c2O1. The molecule has 0 aliphatic carbocycles. The lowest BCUT2D eigenvalue weighted by atomic mass is 10.0. The van der Waals surface area contributed by atoms with Crippen molar-refractivity contribution in [2.45, 2.75) is 25.9 Å². The zero-order valence-electron chi connectivity index (χ0n) is 13.9. The largest absolute Gasteiger partial charge is 0.488 e. The van der Waals surface area contributed by atoms with Gasteiger partial charge in [-0.2, -0.15) is 0 Å². The average Bonchev–Trinajstić information content (AvgIpc) is 2.88. The van der Waals surface area contributed by atoms with Gasteiger partial charge in [-0.1, -0.05) is 23.7 Å². The topological polar surface area (TPSA) is 60.5 Å². The number of carbonyl (C=O) groups excluding carboxylic acids is 1. The lowest BCUT2D eigenvalue weighted by molar-refractivity contribution is 0.0946. The molecule has 0 radical (unpaired) electrons. The number of nitrogens with zero attached hydrogens (tertiary/aromatic N) is 1. The zero-order chi connectivity index (χ0) is 18.0. The van der Waals surface area contributed by atoms with Gasteiger partial charge in [0.15, 0.2) is 11.5 Å². The molecule has 25 heavy (non-hydrogen) atoms. The van der Waals surface area contributed by atoms with Crippen LogP contribution in [0.5, 0.6) is 11.5 Å². The van der Waals surface area contributed by atoms with Crippen molar-refractivity contribution >= 4 is 33.4 Å². The zero-order valence-corrected chi connectivity index (χ0v) is 16.3. The molecule has 1 aromatic carbocycles. The van der Waals surface area contributed by atoms with Crippen molar-refractivity contribution in [2.75, 3.05) is 13.2 Å². The van der Waals surface area contributed by atoms with Crippen LogP contribution in [0.2, 0.25) is 5.15 Å². The van der Waals surface area contributed by atoms with Crippen molar-refractivity contribution in [1.82, 2.24) is 10.3 Å². The summed E-state index contributed by atoms with van der Waals surface area (Å²) in [4.78, 5) is 16.1. The summed E-state index contributed by atoms with van der Waals surface area (Å²) in [5, 5.41) is 2.94. The minimum Gasteiger partial charge on any atom is -0.488 e. The van der Waals surface area contributed by atoms with E-state index in [4.69, 9.17) is 21.1 Å². The Morgan fingerprint density at radius 3 is 3.08 bits per heavy atom. The highest BCUT2D eigenvalue weighted by Gasteiger charge is 2.32. The van der Waals surface area contributed by atoms with E-state index in [-0.39, 0.29) is 16.7 Å². The van der Waals surface area contributed by atoms with Gasteiger partial charge in [0, 0.05) is 22.7 Å². The van der Waals surface area contributed by atoms with Crippen LogP contribution in [0.4, 0.5) is 0 Å². The van der Waals surface area contributed by atoms with Crippen LogP contribution < -0.4 is 14.8 Å². The Kier molecular flexibility index (Phi) is 5.20. The lowest BCUT2D eigenvalue weighted by Gasteiger charge is -2.18. The van der Waals surface area contributed by atoms with Gasteiger partial charge in [-0.15, -0.1) is 0 Å². The van der Waals surface area contributed by atoms with E-state index in [2.05, 4.69) is 26.2 Å². The van der Waals surface area contributed by atoms with Gasteiger partial charge < -0.3 is 14.8 Å². The van der Waals surface area contributed by atoms with Crippen molar-refractivity contribution < 1.29 is 14.3 Å². The van der Waals surface area contributed by atoms with Gasteiger partial charge in [0.2, 0.25) is 0 Å².